The van der Waals surface area contributed by atoms with Gasteiger partial charge in [0.1, 0.15) is 0 Å². The molecule has 1 amide bonds. The summed E-state index contributed by atoms with van der Waals surface area (Å²) in [6.07, 6.45) is 2.99. The molecule has 0 saturated heterocycles. The molecule has 2 rings (SSSR count). The molecule has 0 atom stereocenters. The Morgan fingerprint density at radius 3 is 2.67 bits per heavy atom. The second-order valence-electron chi connectivity index (χ2n) is 5.60. The van der Waals surface area contributed by atoms with E-state index in [-0.39, 0.29) is 23.1 Å². The van der Waals surface area contributed by atoms with Gasteiger partial charge in [0.25, 0.3) is 5.91 Å². The number of hydrazone groups is 1. The Balaban J connectivity index is 2.20. The van der Waals surface area contributed by atoms with Crippen LogP contribution >= 0.6 is 0 Å². The number of nitro benzene ring substituents is 1. The van der Waals surface area contributed by atoms with E-state index in [1.807, 2.05) is 6.92 Å². The Labute approximate surface area is 157 Å². The monoisotopic (exact) mass is 371 g/mol. The number of nitrogens with zero attached hydrogens (tertiary/aromatic N) is 2. The number of unbranched alkanes of at least 4 members (excludes halogenated alkanes) is 1. The zero-order valence-electron chi connectivity index (χ0n) is 15.2. The minimum atomic E-state index is -0.538. The van der Waals surface area contributed by atoms with Gasteiger partial charge in [-0.25, -0.2) is 5.43 Å². The van der Waals surface area contributed by atoms with Crippen LogP contribution < -0.4 is 14.9 Å². The third-order valence-electron chi connectivity index (χ3n) is 3.63. The fourth-order valence-electron chi connectivity index (χ4n) is 2.25. The van der Waals surface area contributed by atoms with Crippen LogP contribution in [0.4, 0.5) is 5.69 Å². The van der Waals surface area contributed by atoms with Crippen molar-refractivity contribution in [1.29, 1.82) is 0 Å². The van der Waals surface area contributed by atoms with Crippen LogP contribution in [0.1, 0.15) is 35.7 Å². The van der Waals surface area contributed by atoms with Crippen LogP contribution in [0.2, 0.25) is 0 Å². The summed E-state index contributed by atoms with van der Waals surface area (Å²) in [5.41, 5.74) is 3.01. The zero-order valence-corrected chi connectivity index (χ0v) is 15.2. The van der Waals surface area contributed by atoms with Crippen LogP contribution in [0.5, 0.6) is 11.5 Å². The molecule has 0 saturated carbocycles. The van der Waals surface area contributed by atoms with E-state index in [4.69, 9.17) is 9.47 Å². The average Bonchev–Trinajstić information content (AvgIpc) is 2.68. The molecule has 8 heteroatoms. The van der Waals surface area contributed by atoms with Gasteiger partial charge in [-0.1, -0.05) is 31.5 Å². The number of nitro groups is 1. The lowest BCUT2D eigenvalue weighted by molar-refractivity contribution is -0.386. The standard InChI is InChI=1S/C19H21N3O5/c1-3-4-10-27-18-16(22(24)25)11-14(12-17(18)26-2)13-20-21-19(23)15-8-6-5-7-9-15/h5-9,11-13H,3-4,10H2,1-2H3,(H,21,23)/b20-13+. The van der Waals surface area contributed by atoms with Crippen molar-refractivity contribution in [2.24, 2.45) is 5.10 Å². The first-order valence-corrected chi connectivity index (χ1v) is 8.44. The quantitative estimate of drug-likeness (QED) is 0.314. The van der Waals surface area contributed by atoms with E-state index in [0.29, 0.717) is 17.7 Å². The van der Waals surface area contributed by atoms with Gasteiger partial charge >= 0.3 is 5.69 Å². The zero-order chi connectivity index (χ0) is 19.6. The second kappa shape index (κ2) is 9.91. The number of carbonyl (C=O) groups excluding carboxylic acids is 1. The lowest BCUT2D eigenvalue weighted by Gasteiger charge is -2.11. The van der Waals surface area contributed by atoms with E-state index in [0.717, 1.165) is 12.8 Å². The Bertz CT molecular complexity index is 822. The number of hydrogen-bond acceptors (Lipinski definition) is 6. The molecular weight excluding hydrogens is 350 g/mol. The highest BCUT2D eigenvalue weighted by atomic mass is 16.6. The molecule has 2 aromatic carbocycles. The van der Waals surface area contributed by atoms with E-state index in [2.05, 4.69) is 10.5 Å². The van der Waals surface area contributed by atoms with E-state index < -0.39 is 4.92 Å². The molecule has 142 valence electrons. The molecule has 27 heavy (non-hydrogen) atoms. The highest BCUT2D eigenvalue weighted by Gasteiger charge is 2.22. The van der Waals surface area contributed by atoms with Crippen molar-refractivity contribution in [2.45, 2.75) is 19.8 Å². The lowest BCUT2D eigenvalue weighted by Crippen LogP contribution is -2.17. The van der Waals surface area contributed by atoms with E-state index in [1.54, 1.807) is 36.4 Å². The summed E-state index contributed by atoms with van der Waals surface area (Å²) in [7, 11) is 1.41. The maximum atomic E-state index is 12.0. The van der Waals surface area contributed by atoms with Crippen LogP contribution in [0.15, 0.2) is 47.6 Å². The molecule has 2 aromatic rings. The molecule has 0 unspecified atom stereocenters. The molecule has 0 radical (unpaired) electrons. The van der Waals surface area contributed by atoms with E-state index >= 15 is 0 Å². The fourth-order valence-corrected chi connectivity index (χ4v) is 2.25. The van der Waals surface area contributed by atoms with Gasteiger partial charge < -0.3 is 9.47 Å². The first kappa shape index (κ1) is 19.9. The van der Waals surface area contributed by atoms with Crippen LogP contribution in [-0.4, -0.2) is 30.8 Å². The minimum Gasteiger partial charge on any atom is -0.493 e. The Kier molecular flexibility index (Phi) is 7.30. The number of amides is 1. The number of nitrogens with one attached hydrogen (secondary N) is 1. The number of benzene rings is 2. The van der Waals surface area contributed by atoms with Gasteiger partial charge in [-0.15, -0.1) is 0 Å². The predicted octanol–water partition coefficient (Wildman–Crippen LogP) is 3.55. The highest BCUT2D eigenvalue weighted by molar-refractivity contribution is 5.95. The normalized spacial score (nSPS) is 10.6. The minimum absolute atomic E-state index is 0.0846. The Morgan fingerprint density at radius 1 is 1.30 bits per heavy atom. The summed E-state index contributed by atoms with van der Waals surface area (Å²) >= 11 is 0. The van der Waals surface area contributed by atoms with E-state index in [1.165, 1.54) is 19.4 Å². The average molecular weight is 371 g/mol. The maximum Gasteiger partial charge on any atom is 0.315 e. The van der Waals surface area contributed by atoms with Crippen LogP contribution in [0.3, 0.4) is 0 Å². The number of hydrogen-bond donors (Lipinski definition) is 1. The molecule has 0 heterocycles. The maximum absolute atomic E-state index is 12.0. The van der Waals surface area contributed by atoms with Crippen LogP contribution in [-0.2, 0) is 0 Å². The third kappa shape index (κ3) is 5.53. The molecule has 0 aromatic heterocycles. The molecule has 0 aliphatic heterocycles. The Hall–Kier alpha value is -3.42. The molecule has 0 spiro atoms. The first-order chi connectivity index (χ1) is 13.1. The predicted molar refractivity (Wildman–Crippen MR) is 102 cm³/mol. The molecule has 0 bridgehead atoms. The molecule has 0 aliphatic rings. The smallest absolute Gasteiger partial charge is 0.315 e. The lowest BCUT2D eigenvalue weighted by atomic mass is 10.2. The van der Waals surface area contributed by atoms with Crippen LogP contribution in [0.25, 0.3) is 0 Å². The summed E-state index contributed by atoms with van der Waals surface area (Å²) in [6, 6.07) is 11.5. The van der Waals surface area contributed by atoms with Gasteiger partial charge in [0.2, 0.25) is 5.75 Å². The van der Waals surface area contributed by atoms with Crippen molar-refractivity contribution >= 4 is 17.8 Å². The van der Waals surface area contributed by atoms with Crippen molar-refractivity contribution < 1.29 is 19.2 Å². The van der Waals surface area contributed by atoms with Gasteiger partial charge in [0.05, 0.1) is 24.9 Å². The van der Waals surface area contributed by atoms with Crippen molar-refractivity contribution in [3.05, 3.63) is 63.7 Å². The number of carbonyl (C=O) groups is 1. The molecule has 0 aliphatic carbocycles. The third-order valence-corrected chi connectivity index (χ3v) is 3.63. The van der Waals surface area contributed by atoms with Crippen molar-refractivity contribution in [3.63, 3.8) is 0 Å². The topological polar surface area (TPSA) is 103 Å². The van der Waals surface area contributed by atoms with Gasteiger partial charge in [0, 0.05) is 17.2 Å². The molecule has 8 nitrogen and oxygen atoms in total. The summed E-state index contributed by atoms with van der Waals surface area (Å²) < 4.78 is 10.8. The van der Waals surface area contributed by atoms with Gasteiger partial charge in [0.15, 0.2) is 5.75 Å². The Morgan fingerprint density at radius 2 is 2.04 bits per heavy atom. The van der Waals surface area contributed by atoms with Crippen molar-refractivity contribution in [3.8, 4) is 11.5 Å². The number of methoxy groups -OCH3 is 1. The van der Waals surface area contributed by atoms with Crippen LogP contribution in [0, 0.1) is 10.1 Å². The highest BCUT2D eigenvalue weighted by Crippen LogP contribution is 2.38. The number of ether oxygens (including phenoxy) is 2. The van der Waals surface area contributed by atoms with Gasteiger partial charge in [-0.3, -0.25) is 14.9 Å². The van der Waals surface area contributed by atoms with E-state index in [9.17, 15) is 14.9 Å². The summed E-state index contributed by atoms with van der Waals surface area (Å²) in [6.45, 7) is 2.35. The SMILES string of the molecule is CCCCOc1c(OC)cc(/C=N/NC(=O)c2ccccc2)cc1[N+](=O)[O-]. The fraction of sp³-hybridized carbons (Fsp3) is 0.263. The van der Waals surface area contributed by atoms with Crippen molar-refractivity contribution in [2.75, 3.05) is 13.7 Å². The summed E-state index contributed by atoms with van der Waals surface area (Å²) in [5, 5.41) is 15.3. The summed E-state index contributed by atoms with van der Waals surface area (Å²) in [5.74, 6) is -0.0645. The number of rotatable bonds is 9. The second-order valence-corrected chi connectivity index (χ2v) is 5.60. The summed E-state index contributed by atoms with van der Waals surface area (Å²) in [4.78, 5) is 22.8. The largest absolute Gasteiger partial charge is 0.493 e. The first-order valence-electron chi connectivity index (χ1n) is 8.44. The van der Waals surface area contributed by atoms with Gasteiger partial charge in [-0.05, 0) is 24.6 Å². The van der Waals surface area contributed by atoms with Gasteiger partial charge in [-0.2, -0.15) is 5.10 Å². The molecule has 1 N–H and O–H groups in total. The van der Waals surface area contributed by atoms with Crippen molar-refractivity contribution in [1.82, 2.24) is 5.43 Å². The molecule has 0 fully saturated rings. The molecular formula is C19H21N3O5.